The first-order valence-electron chi connectivity index (χ1n) is 12.0. The van der Waals surface area contributed by atoms with Crippen LogP contribution < -0.4 is 16.0 Å². The number of hydrogen-bond donors (Lipinski definition) is 5. The van der Waals surface area contributed by atoms with Crippen LogP contribution in [0.2, 0.25) is 0 Å². The number of aliphatic carboxylic acids is 1. The molecule has 0 bridgehead atoms. The van der Waals surface area contributed by atoms with Crippen molar-refractivity contribution in [1.82, 2.24) is 20.6 Å². The van der Waals surface area contributed by atoms with E-state index in [-0.39, 0.29) is 17.9 Å². The average Bonchev–Trinajstić information content (AvgIpc) is 3.45. The second kappa shape index (κ2) is 12.2. The SMILES string of the molecule is Cc1nc(NCc2ccccc2-c2ccc(O)cc2)nc(C)c1C(=O)NC(CNC(=O)c1cccs1)C(=O)O. The fraction of sp³-hybridized carbons (Fsp3) is 0.179. The monoisotopic (exact) mass is 545 g/mol. The Morgan fingerprint density at radius 1 is 0.923 bits per heavy atom. The molecule has 0 aliphatic rings. The lowest BCUT2D eigenvalue weighted by atomic mass is 9.99. The van der Waals surface area contributed by atoms with Gasteiger partial charge in [0.05, 0.1) is 21.8 Å². The molecule has 11 heteroatoms. The highest BCUT2D eigenvalue weighted by Gasteiger charge is 2.25. The van der Waals surface area contributed by atoms with Gasteiger partial charge in [0, 0.05) is 13.1 Å². The predicted octanol–water partition coefficient (Wildman–Crippen LogP) is 3.75. The van der Waals surface area contributed by atoms with E-state index in [0.717, 1.165) is 16.7 Å². The second-order valence-corrected chi connectivity index (χ2v) is 9.65. The number of carboxylic acid groups (broad SMARTS) is 1. The molecule has 0 aliphatic heterocycles. The Morgan fingerprint density at radius 2 is 1.62 bits per heavy atom. The summed E-state index contributed by atoms with van der Waals surface area (Å²) in [5.74, 6) is -1.83. The summed E-state index contributed by atoms with van der Waals surface area (Å²) in [6, 6.07) is 16.8. The van der Waals surface area contributed by atoms with Gasteiger partial charge in [-0.15, -0.1) is 11.3 Å². The van der Waals surface area contributed by atoms with Crippen LogP contribution in [0.1, 0.15) is 37.0 Å². The van der Waals surface area contributed by atoms with Crippen molar-refractivity contribution in [2.75, 3.05) is 11.9 Å². The Labute approximate surface area is 228 Å². The van der Waals surface area contributed by atoms with Gasteiger partial charge in [0.15, 0.2) is 0 Å². The van der Waals surface area contributed by atoms with Gasteiger partial charge in [0.25, 0.3) is 11.8 Å². The largest absolute Gasteiger partial charge is 0.508 e. The molecule has 0 fully saturated rings. The first-order chi connectivity index (χ1) is 18.7. The minimum Gasteiger partial charge on any atom is -0.508 e. The minimum atomic E-state index is -1.34. The highest BCUT2D eigenvalue weighted by atomic mass is 32.1. The van der Waals surface area contributed by atoms with E-state index < -0.39 is 23.8 Å². The number of nitrogens with zero attached hydrogens (tertiary/aromatic N) is 2. The van der Waals surface area contributed by atoms with E-state index >= 15 is 0 Å². The number of aromatic hydroxyl groups is 1. The van der Waals surface area contributed by atoms with Crippen LogP contribution in [0.4, 0.5) is 5.95 Å². The number of hydrogen-bond acceptors (Lipinski definition) is 8. The third-order valence-corrected chi connectivity index (χ3v) is 6.81. The number of anilines is 1. The van der Waals surface area contributed by atoms with E-state index in [9.17, 15) is 24.6 Å². The third kappa shape index (κ3) is 6.76. The maximum atomic E-state index is 13.0. The van der Waals surface area contributed by atoms with Crippen molar-refractivity contribution < 1.29 is 24.6 Å². The van der Waals surface area contributed by atoms with Crippen LogP contribution in [0.25, 0.3) is 11.1 Å². The van der Waals surface area contributed by atoms with Crippen molar-refractivity contribution in [3.05, 3.63) is 93.4 Å². The number of carbonyl (C=O) groups is 3. The van der Waals surface area contributed by atoms with Gasteiger partial charge in [0.2, 0.25) is 5.95 Å². The topological polar surface area (TPSA) is 154 Å². The van der Waals surface area contributed by atoms with E-state index in [1.807, 2.05) is 36.4 Å². The van der Waals surface area contributed by atoms with Gasteiger partial charge in [0.1, 0.15) is 11.8 Å². The molecule has 2 amide bonds. The minimum absolute atomic E-state index is 0.167. The highest BCUT2D eigenvalue weighted by molar-refractivity contribution is 7.12. The molecule has 200 valence electrons. The molecule has 10 nitrogen and oxygen atoms in total. The van der Waals surface area contributed by atoms with Gasteiger partial charge in [-0.25, -0.2) is 14.8 Å². The van der Waals surface area contributed by atoms with Gasteiger partial charge in [-0.05, 0) is 54.1 Å². The van der Waals surface area contributed by atoms with Gasteiger partial charge < -0.3 is 26.2 Å². The summed E-state index contributed by atoms with van der Waals surface area (Å²) in [4.78, 5) is 46.2. The number of phenols is 1. The second-order valence-electron chi connectivity index (χ2n) is 8.70. The van der Waals surface area contributed by atoms with Crippen LogP contribution in [0.15, 0.2) is 66.0 Å². The number of aromatic nitrogens is 2. The Morgan fingerprint density at radius 3 is 2.26 bits per heavy atom. The van der Waals surface area contributed by atoms with Gasteiger partial charge in [-0.1, -0.05) is 42.5 Å². The van der Waals surface area contributed by atoms with E-state index in [2.05, 4.69) is 25.9 Å². The molecule has 0 saturated carbocycles. The number of carboxylic acids is 1. The summed E-state index contributed by atoms with van der Waals surface area (Å²) in [7, 11) is 0. The average molecular weight is 546 g/mol. The standard InChI is InChI=1S/C28H27N5O5S/c1-16-24(26(36)33-22(27(37)38)15-29-25(35)23-8-5-13-39-23)17(2)32-28(31-16)30-14-19-6-3-4-7-21(19)18-9-11-20(34)12-10-18/h3-13,22,34H,14-15H2,1-2H3,(H,29,35)(H,33,36)(H,37,38)(H,30,31,32). The quantitative estimate of drug-likeness (QED) is 0.202. The lowest BCUT2D eigenvalue weighted by Gasteiger charge is -2.17. The lowest BCUT2D eigenvalue weighted by Crippen LogP contribution is -2.48. The predicted molar refractivity (Wildman–Crippen MR) is 148 cm³/mol. The molecular weight excluding hydrogens is 518 g/mol. The van der Waals surface area contributed by atoms with Crippen LogP contribution >= 0.6 is 11.3 Å². The molecule has 2 aromatic heterocycles. The molecule has 0 aliphatic carbocycles. The van der Waals surface area contributed by atoms with Gasteiger partial charge >= 0.3 is 5.97 Å². The molecule has 1 atom stereocenters. The van der Waals surface area contributed by atoms with Crippen molar-refractivity contribution in [3.63, 3.8) is 0 Å². The van der Waals surface area contributed by atoms with E-state index in [4.69, 9.17) is 0 Å². The Kier molecular flexibility index (Phi) is 8.52. The number of rotatable bonds is 10. The Bertz CT molecular complexity index is 1470. The maximum Gasteiger partial charge on any atom is 0.328 e. The molecule has 4 aromatic rings. The zero-order valence-electron chi connectivity index (χ0n) is 21.3. The fourth-order valence-electron chi connectivity index (χ4n) is 4.02. The summed E-state index contributed by atoms with van der Waals surface area (Å²) in [5, 5.41) is 29.1. The number of nitrogens with one attached hydrogen (secondary N) is 3. The van der Waals surface area contributed by atoms with Gasteiger partial charge in [-0.2, -0.15) is 0 Å². The molecule has 1 unspecified atom stereocenters. The Balaban J connectivity index is 1.44. The molecule has 39 heavy (non-hydrogen) atoms. The summed E-state index contributed by atoms with van der Waals surface area (Å²) in [6.07, 6.45) is 0. The molecule has 0 radical (unpaired) electrons. The van der Waals surface area contributed by atoms with Crippen molar-refractivity contribution in [3.8, 4) is 16.9 Å². The molecule has 0 saturated heterocycles. The number of aryl methyl sites for hydroxylation is 2. The number of benzene rings is 2. The number of thiophene rings is 1. The number of phenolic OH excluding ortho intramolecular Hbond substituents is 1. The fourth-order valence-corrected chi connectivity index (χ4v) is 4.66. The van der Waals surface area contributed by atoms with Crippen molar-refractivity contribution in [2.45, 2.75) is 26.4 Å². The first-order valence-corrected chi connectivity index (χ1v) is 12.9. The van der Waals surface area contributed by atoms with Crippen LogP contribution in [-0.2, 0) is 11.3 Å². The highest BCUT2D eigenvalue weighted by Crippen LogP contribution is 2.26. The zero-order chi connectivity index (χ0) is 27.9. The lowest BCUT2D eigenvalue weighted by molar-refractivity contribution is -0.139. The molecule has 2 aromatic carbocycles. The van der Waals surface area contributed by atoms with E-state index in [1.54, 1.807) is 43.5 Å². The molecule has 2 heterocycles. The summed E-state index contributed by atoms with van der Waals surface area (Å²) < 4.78 is 0. The van der Waals surface area contributed by atoms with Crippen molar-refractivity contribution in [2.24, 2.45) is 0 Å². The zero-order valence-corrected chi connectivity index (χ0v) is 22.1. The van der Waals surface area contributed by atoms with E-state index in [1.165, 1.54) is 11.3 Å². The van der Waals surface area contributed by atoms with Crippen LogP contribution in [0, 0.1) is 13.8 Å². The Hall–Kier alpha value is -4.77. The number of carbonyl (C=O) groups excluding carboxylic acids is 2. The van der Waals surface area contributed by atoms with Crippen molar-refractivity contribution in [1.29, 1.82) is 0 Å². The normalized spacial score (nSPS) is 11.4. The smallest absolute Gasteiger partial charge is 0.328 e. The van der Waals surface area contributed by atoms with Crippen LogP contribution in [0.3, 0.4) is 0 Å². The maximum absolute atomic E-state index is 13.0. The van der Waals surface area contributed by atoms with E-state index in [0.29, 0.717) is 28.8 Å². The van der Waals surface area contributed by atoms with Crippen LogP contribution in [0.5, 0.6) is 5.75 Å². The first kappa shape index (κ1) is 27.3. The van der Waals surface area contributed by atoms with Crippen LogP contribution in [-0.4, -0.2) is 50.6 Å². The third-order valence-electron chi connectivity index (χ3n) is 5.95. The summed E-state index contributed by atoms with van der Waals surface area (Å²) >= 11 is 1.23. The number of amides is 2. The van der Waals surface area contributed by atoms with Crippen molar-refractivity contribution >= 4 is 35.1 Å². The molecular formula is C28H27N5O5S. The molecule has 4 rings (SSSR count). The summed E-state index contributed by atoms with van der Waals surface area (Å²) in [6.45, 7) is 3.42. The summed E-state index contributed by atoms with van der Waals surface area (Å²) in [5.41, 5.74) is 3.84. The molecule has 0 spiro atoms. The molecule has 5 N–H and O–H groups in total. The van der Waals surface area contributed by atoms with Gasteiger partial charge in [-0.3, -0.25) is 9.59 Å².